The predicted molar refractivity (Wildman–Crippen MR) is 74.2 cm³/mol. The molecule has 3 nitrogen and oxygen atoms in total. The molecule has 0 saturated carbocycles. The lowest BCUT2D eigenvalue weighted by Gasteiger charge is -2.40. The maximum atomic E-state index is 12.4. The van der Waals surface area contributed by atoms with Crippen molar-refractivity contribution in [3.05, 3.63) is 24.0 Å². The summed E-state index contributed by atoms with van der Waals surface area (Å²) < 4.78 is 30.6. The third kappa shape index (κ3) is 3.88. The van der Waals surface area contributed by atoms with Gasteiger partial charge >= 0.3 is 0 Å². The fourth-order valence-electron chi connectivity index (χ4n) is 2.43. The molecule has 1 aromatic heterocycles. The number of hydrogen-bond donors (Lipinski definition) is 0. The highest BCUT2D eigenvalue weighted by Gasteiger charge is 2.27. The van der Waals surface area contributed by atoms with E-state index in [1.807, 2.05) is 0 Å². The van der Waals surface area contributed by atoms with Crippen LogP contribution in [0, 0.1) is 0 Å². The second-order valence-electron chi connectivity index (χ2n) is 6.19. The van der Waals surface area contributed by atoms with E-state index in [0.717, 1.165) is 25.9 Å². The van der Waals surface area contributed by atoms with Gasteiger partial charge in [-0.05, 0) is 45.7 Å². The third-order valence-corrected chi connectivity index (χ3v) is 3.68. The Morgan fingerprint density at radius 2 is 1.90 bits per heavy atom. The van der Waals surface area contributed by atoms with Gasteiger partial charge in [0.1, 0.15) is 17.5 Å². The van der Waals surface area contributed by atoms with Crippen molar-refractivity contribution < 1.29 is 13.5 Å². The van der Waals surface area contributed by atoms with Crippen molar-refractivity contribution in [1.82, 2.24) is 9.88 Å². The maximum absolute atomic E-state index is 12.4. The van der Waals surface area contributed by atoms with Crippen molar-refractivity contribution in [3.63, 3.8) is 0 Å². The Balaban J connectivity index is 1.86. The smallest absolute Gasteiger partial charge is 0.280 e. The van der Waals surface area contributed by atoms with Gasteiger partial charge in [-0.15, -0.1) is 0 Å². The van der Waals surface area contributed by atoms with E-state index in [1.165, 1.54) is 12.3 Å². The van der Waals surface area contributed by atoms with Crippen LogP contribution >= 0.6 is 0 Å². The Kier molecular flexibility index (Phi) is 4.58. The summed E-state index contributed by atoms with van der Waals surface area (Å²) in [5.41, 5.74) is -0.0225. The lowest BCUT2D eigenvalue weighted by Crippen LogP contribution is -2.48. The molecule has 0 aromatic carbocycles. The van der Waals surface area contributed by atoms with Crippen LogP contribution < -0.4 is 4.74 Å². The molecule has 0 radical (unpaired) electrons. The second kappa shape index (κ2) is 6.04. The maximum Gasteiger partial charge on any atom is 0.280 e. The fourth-order valence-corrected chi connectivity index (χ4v) is 2.43. The zero-order valence-electron chi connectivity index (χ0n) is 12.3. The monoisotopic (exact) mass is 284 g/mol. The molecule has 2 heterocycles. The Bertz CT molecular complexity index is 420. The molecule has 1 aliphatic heterocycles. The van der Waals surface area contributed by atoms with Gasteiger partial charge in [-0.3, -0.25) is 9.88 Å². The molecule has 112 valence electrons. The molecule has 0 aliphatic carbocycles. The Morgan fingerprint density at radius 3 is 2.35 bits per heavy atom. The number of ether oxygens (including phenoxy) is 1. The highest BCUT2D eigenvalue weighted by atomic mass is 19.3. The van der Waals surface area contributed by atoms with Crippen LogP contribution in [0.4, 0.5) is 8.78 Å². The average Bonchev–Trinajstić information content (AvgIpc) is 2.39. The van der Waals surface area contributed by atoms with Crippen molar-refractivity contribution in [3.8, 4) is 5.75 Å². The summed E-state index contributed by atoms with van der Waals surface area (Å²) in [5, 5.41) is 0. The standard InChI is InChI=1S/C15H22F2N2O/c1-15(2,3)19-8-6-11(7-9-19)20-12-4-5-13(14(16)17)18-10-12/h4-5,10-11,14H,6-9H2,1-3H3. The zero-order chi connectivity index (χ0) is 14.8. The number of halogens is 2. The van der Waals surface area contributed by atoms with E-state index in [2.05, 4.69) is 30.7 Å². The van der Waals surface area contributed by atoms with Gasteiger partial charge in [0.25, 0.3) is 6.43 Å². The van der Waals surface area contributed by atoms with E-state index in [0.29, 0.717) is 5.75 Å². The molecule has 1 aromatic rings. The van der Waals surface area contributed by atoms with Crippen molar-refractivity contribution in [2.24, 2.45) is 0 Å². The van der Waals surface area contributed by atoms with Gasteiger partial charge in [-0.25, -0.2) is 8.78 Å². The first kappa shape index (κ1) is 15.2. The Morgan fingerprint density at radius 1 is 1.25 bits per heavy atom. The van der Waals surface area contributed by atoms with Gasteiger partial charge in [-0.1, -0.05) is 0 Å². The highest BCUT2D eigenvalue weighted by molar-refractivity contribution is 5.20. The van der Waals surface area contributed by atoms with Crippen LogP contribution in [0.3, 0.4) is 0 Å². The molecule has 0 spiro atoms. The van der Waals surface area contributed by atoms with Crippen molar-refractivity contribution >= 4 is 0 Å². The SMILES string of the molecule is CC(C)(C)N1CCC(Oc2ccc(C(F)F)nc2)CC1. The van der Waals surface area contributed by atoms with Gasteiger partial charge in [0.2, 0.25) is 0 Å². The van der Waals surface area contributed by atoms with Crippen LogP contribution in [0.2, 0.25) is 0 Å². The van der Waals surface area contributed by atoms with E-state index >= 15 is 0 Å². The van der Waals surface area contributed by atoms with E-state index in [1.54, 1.807) is 6.07 Å². The quantitative estimate of drug-likeness (QED) is 0.847. The Labute approximate surface area is 118 Å². The van der Waals surface area contributed by atoms with E-state index in [-0.39, 0.29) is 17.3 Å². The van der Waals surface area contributed by atoms with Crippen LogP contribution in [0.25, 0.3) is 0 Å². The predicted octanol–water partition coefficient (Wildman–Crippen LogP) is 3.66. The molecule has 5 heteroatoms. The normalized spacial score (nSPS) is 18.5. The van der Waals surface area contributed by atoms with Crippen molar-refractivity contribution in [2.45, 2.75) is 51.7 Å². The highest BCUT2D eigenvalue weighted by Crippen LogP contribution is 2.24. The molecule has 0 atom stereocenters. The summed E-state index contributed by atoms with van der Waals surface area (Å²) in [5.74, 6) is 0.573. The number of alkyl halides is 2. The van der Waals surface area contributed by atoms with Crippen LogP contribution in [0.15, 0.2) is 18.3 Å². The van der Waals surface area contributed by atoms with Crippen LogP contribution in [-0.4, -0.2) is 34.6 Å². The number of hydrogen-bond acceptors (Lipinski definition) is 3. The number of piperidine rings is 1. The van der Waals surface area contributed by atoms with Gasteiger partial charge in [0, 0.05) is 18.6 Å². The number of pyridine rings is 1. The summed E-state index contributed by atoms with van der Waals surface area (Å²) in [6, 6.07) is 2.90. The minimum Gasteiger partial charge on any atom is -0.489 e. The van der Waals surface area contributed by atoms with Crippen LogP contribution in [0.1, 0.15) is 45.7 Å². The molecule has 0 amide bonds. The van der Waals surface area contributed by atoms with E-state index in [4.69, 9.17) is 4.74 Å². The molecule has 1 aliphatic rings. The van der Waals surface area contributed by atoms with Gasteiger partial charge in [0.15, 0.2) is 0 Å². The van der Waals surface area contributed by atoms with Gasteiger partial charge < -0.3 is 4.74 Å². The number of nitrogens with zero attached hydrogens (tertiary/aromatic N) is 2. The molecule has 2 rings (SSSR count). The largest absolute Gasteiger partial charge is 0.489 e. The van der Waals surface area contributed by atoms with Crippen LogP contribution in [-0.2, 0) is 0 Å². The summed E-state index contributed by atoms with van der Waals surface area (Å²) >= 11 is 0. The molecular weight excluding hydrogens is 262 g/mol. The summed E-state index contributed by atoms with van der Waals surface area (Å²) in [4.78, 5) is 6.15. The Hall–Kier alpha value is -1.23. The number of likely N-dealkylation sites (tertiary alicyclic amines) is 1. The van der Waals surface area contributed by atoms with E-state index < -0.39 is 6.43 Å². The van der Waals surface area contributed by atoms with Gasteiger partial charge in [0.05, 0.1) is 6.20 Å². The summed E-state index contributed by atoms with van der Waals surface area (Å²) in [6.07, 6.45) is 0.909. The molecule has 1 fully saturated rings. The first-order valence-electron chi connectivity index (χ1n) is 7.02. The molecule has 0 unspecified atom stereocenters. The molecule has 20 heavy (non-hydrogen) atoms. The lowest BCUT2D eigenvalue weighted by atomic mass is 9.99. The molecule has 0 bridgehead atoms. The lowest BCUT2D eigenvalue weighted by molar-refractivity contribution is 0.0489. The number of rotatable bonds is 3. The molecule has 1 saturated heterocycles. The zero-order valence-corrected chi connectivity index (χ0v) is 12.3. The van der Waals surface area contributed by atoms with Crippen LogP contribution in [0.5, 0.6) is 5.75 Å². The summed E-state index contributed by atoms with van der Waals surface area (Å²) in [7, 11) is 0. The summed E-state index contributed by atoms with van der Waals surface area (Å²) in [6.45, 7) is 8.62. The average molecular weight is 284 g/mol. The minimum absolute atomic E-state index is 0.146. The minimum atomic E-state index is -2.53. The third-order valence-electron chi connectivity index (χ3n) is 3.68. The second-order valence-corrected chi connectivity index (χ2v) is 6.19. The first-order valence-corrected chi connectivity index (χ1v) is 7.02. The van der Waals surface area contributed by atoms with Crippen molar-refractivity contribution in [1.29, 1.82) is 0 Å². The fraction of sp³-hybridized carbons (Fsp3) is 0.667. The van der Waals surface area contributed by atoms with Crippen molar-refractivity contribution in [2.75, 3.05) is 13.1 Å². The molecular formula is C15H22F2N2O. The topological polar surface area (TPSA) is 25.4 Å². The number of aromatic nitrogens is 1. The van der Waals surface area contributed by atoms with Gasteiger partial charge in [-0.2, -0.15) is 0 Å². The first-order chi connectivity index (χ1) is 9.36. The molecule has 0 N–H and O–H groups in total. The van der Waals surface area contributed by atoms with E-state index in [9.17, 15) is 8.78 Å².